The molecule has 8 heteroatoms. The van der Waals surface area contributed by atoms with Crippen molar-refractivity contribution >= 4 is 33.1 Å². The van der Waals surface area contributed by atoms with Crippen LogP contribution in [-0.4, -0.2) is 44.0 Å². The molecule has 0 aliphatic carbocycles. The number of nitrogens with zero attached hydrogens (tertiary/aromatic N) is 1. The molecule has 0 saturated heterocycles. The average Bonchev–Trinajstić information content (AvgIpc) is 2.67. The number of anilines is 2. The van der Waals surface area contributed by atoms with Crippen molar-refractivity contribution in [2.24, 2.45) is 0 Å². The van der Waals surface area contributed by atoms with Gasteiger partial charge in [-0.2, -0.15) is 4.31 Å². The first-order chi connectivity index (χ1) is 13.3. The lowest BCUT2D eigenvalue weighted by atomic mass is 10.1. The smallest absolute Gasteiger partial charge is 0.243 e. The van der Waals surface area contributed by atoms with Crippen molar-refractivity contribution in [3.05, 3.63) is 54.1 Å². The lowest BCUT2D eigenvalue weighted by Crippen LogP contribution is -2.30. The number of sulfonamides is 1. The van der Waals surface area contributed by atoms with Gasteiger partial charge in [-0.15, -0.1) is 0 Å². The topological polar surface area (TPSA) is 95.6 Å². The van der Waals surface area contributed by atoms with Crippen LogP contribution in [0.15, 0.2) is 53.4 Å². The van der Waals surface area contributed by atoms with Crippen LogP contribution < -0.4 is 10.6 Å². The molecule has 0 saturated carbocycles. The normalized spacial score (nSPS) is 11.3. The van der Waals surface area contributed by atoms with E-state index in [2.05, 4.69) is 10.6 Å². The van der Waals surface area contributed by atoms with Gasteiger partial charge in [0.25, 0.3) is 0 Å². The Morgan fingerprint density at radius 2 is 1.61 bits per heavy atom. The molecule has 0 aliphatic heterocycles. The third-order valence-corrected chi connectivity index (χ3v) is 6.23. The molecule has 0 aromatic heterocycles. The van der Waals surface area contributed by atoms with E-state index in [1.54, 1.807) is 50.2 Å². The van der Waals surface area contributed by atoms with Gasteiger partial charge in [-0.25, -0.2) is 8.42 Å². The molecular weight excluding hydrogens is 378 g/mol. The Morgan fingerprint density at radius 3 is 2.25 bits per heavy atom. The zero-order valence-corrected chi connectivity index (χ0v) is 17.0. The third-order valence-electron chi connectivity index (χ3n) is 4.18. The van der Waals surface area contributed by atoms with Crippen LogP contribution in [0.4, 0.5) is 11.4 Å². The highest BCUT2D eigenvalue weighted by Crippen LogP contribution is 2.19. The second-order valence-electron chi connectivity index (χ2n) is 6.16. The number of nitrogens with one attached hydrogen (secondary N) is 2. The number of carbonyl (C=O) groups is 2. The fourth-order valence-corrected chi connectivity index (χ4v) is 4.19. The average molecular weight is 404 g/mol. The number of ketones is 1. The quantitative estimate of drug-likeness (QED) is 0.628. The minimum absolute atomic E-state index is 0.0195. The molecule has 0 heterocycles. The monoisotopic (exact) mass is 403 g/mol. The van der Waals surface area contributed by atoms with E-state index in [4.69, 9.17) is 0 Å². The Kier molecular flexibility index (Phi) is 7.31. The van der Waals surface area contributed by atoms with Crippen LogP contribution in [0.1, 0.15) is 31.1 Å². The molecule has 0 spiro atoms. The second-order valence-corrected chi connectivity index (χ2v) is 8.09. The van der Waals surface area contributed by atoms with Gasteiger partial charge in [0.15, 0.2) is 5.78 Å². The molecule has 0 bridgehead atoms. The predicted molar refractivity (Wildman–Crippen MR) is 110 cm³/mol. The summed E-state index contributed by atoms with van der Waals surface area (Å²) in [7, 11) is -3.59. The summed E-state index contributed by atoms with van der Waals surface area (Å²) in [5, 5.41) is 5.64. The third kappa shape index (κ3) is 5.40. The second kappa shape index (κ2) is 9.48. The summed E-state index contributed by atoms with van der Waals surface area (Å²) in [4.78, 5) is 23.8. The molecule has 0 atom stereocenters. The lowest BCUT2D eigenvalue weighted by Gasteiger charge is -2.19. The molecule has 2 rings (SSSR count). The van der Waals surface area contributed by atoms with E-state index in [1.807, 2.05) is 0 Å². The standard InChI is InChI=1S/C20H25N3O4S/c1-4-23(5-2)28(26,27)19-11-7-10-18(13-19)22-20(25)14-21-17-9-6-8-16(12-17)15(3)24/h6-13,21H,4-5,14H2,1-3H3,(H,22,25). The van der Waals surface area contributed by atoms with Crippen LogP contribution in [-0.2, 0) is 14.8 Å². The highest BCUT2D eigenvalue weighted by Gasteiger charge is 2.21. The molecule has 2 aromatic carbocycles. The maximum atomic E-state index is 12.6. The largest absolute Gasteiger partial charge is 0.376 e. The number of rotatable bonds is 9. The van der Waals surface area contributed by atoms with Gasteiger partial charge in [-0.1, -0.05) is 32.0 Å². The Hall–Kier alpha value is -2.71. The molecule has 0 aliphatic rings. The van der Waals surface area contributed by atoms with E-state index >= 15 is 0 Å². The van der Waals surface area contributed by atoms with Crippen molar-refractivity contribution in [2.75, 3.05) is 30.3 Å². The van der Waals surface area contributed by atoms with Gasteiger partial charge < -0.3 is 10.6 Å². The van der Waals surface area contributed by atoms with Crippen LogP contribution in [0, 0.1) is 0 Å². The van der Waals surface area contributed by atoms with E-state index in [9.17, 15) is 18.0 Å². The number of hydrogen-bond acceptors (Lipinski definition) is 5. The maximum Gasteiger partial charge on any atom is 0.243 e. The van der Waals surface area contributed by atoms with Crippen molar-refractivity contribution in [3.63, 3.8) is 0 Å². The van der Waals surface area contributed by atoms with E-state index < -0.39 is 10.0 Å². The molecular formula is C20H25N3O4S. The molecule has 0 radical (unpaired) electrons. The van der Waals surface area contributed by atoms with Crippen molar-refractivity contribution in [3.8, 4) is 0 Å². The van der Waals surface area contributed by atoms with Gasteiger partial charge in [-0.3, -0.25) is 9.59 Å². The minimum Gasteiger partial charge on any atom is -0.376 e. The molecule has 0 unspecified atom stereocenters. The summed E-state index contributed by atoms with van der Waals surface area (Å²) in [6.07, 6.45) is 0. The Bertz CT molecular complexity index is 953. The fourth-order valence-electron chi connectivity index (χ4n) is 2.68. The van der Waals surface area contributed by atoms with Gasteiger partial charge in [-0.05, 0) is 37.3 Å². The summed E-state index contributed by atoms with van der Waals surface area (Å²) in [5.41, 5.74) is 1.61. The molecule has 150 valence electrons. The van der Waals surface area contributed by atoms with E-state index in [0.717, 1.165) is 0 Å². The van der Waals surface area contributed by atoms with Crippen LogP contribution in [0.25, 0.3) is 0 Å². The Morgan fingerprint density at radius 1 is 0.964 bits per heavy atom. The van der Waals surface area contributed by atoms with E-state index in [1.165, 1.54) is 23.4 Å². The Balaban J connectivity index is 2.05. The van der Waals surface area contributed by atoms with Crippen molar-refractivity contribution in [2.45, 2.75) is 25.7 Å². The van der Waals surface area contributed by atoms with Crippen LogP contribution >= 0.6 is 0 Å². The van der Waals surface area contributed by atoms with Crippen LogP contribution in [0.3, 0.4) is 0 Å². The van der Waals surface area contributed by atoms with Crippen LogP contribution in [0.2, 0.25) is 0 Å². The van der Waals surface area contributed by atoms with Gasteiger partial charge >= 0.3 is 0 Å². The van der Waals surface area contributed by atoms with Crippen LogP contribution in [0.5, 0.6) is 0 Å². The van der Waals surface area contributed by atoms with Gasteiger partial charge in [0.05, 0.1) is 11.4 Å². The van der Waals surface area contributed by atoms with E-state index in [-0.39, 0.29) is 23.1 Å². The van der Waals surface area contributed by atoms with Gasteiger partial charge in [0.2, 0.25) is 15.9 Å². The molecule has 0 fully saturated rings. The fraction of sp³-hybridized carbons (Fsp3) is 0.300. The van der Waals surface area contributed by atoms with Gasteiger partial charge in [0.1, 0.15) is 0 Å². The van der Waals surface area contributed by atoms with Gasteiger partial charge in [0, 0.05) is 30.0 Å². The summed E-state index contributed by atoms with van der Waals surface area (Å²) < 4.78 is 26.6. The summed E-state index contributed by atoms with van der Waals surface area (Å²) in [5.74, 6) is -0.384. The highest BCUT2D eigenvalue weighted by atomic mass is 32.2. The zero-order chi connectivity index (χ0) is 20.7. The first-order valence-corrected chi connectivity index (χ1v) is 10.5. The molecule has 28 heavy (non-hydrogen) atoms. The Labute approximate surface area is 165 Å². The van der Waals surface area contributed by atoms with Crippen molar-refractivity contribution in [1.29, 1.82) is 0 Å². The zero-order valence-electron chi connectivity index (χ0n) is 16.2. The number of carbonyl (C=O) groups excluding carboxylic acids is 2. The molecule has 2 aromatic rings. The minimum atomic E-state index is -3.59. The SMILES string of the molecule is CCN(CC)S(=O)(=O)c1cccc(NC(=O)CNc2cccc(C(C)=O)c2)c1. The highest BCUT2D eigenvalue weighted by molar-refractivity contribution is 7.89. The molecule has 1 amide bonds. The van der Waals surface area contributed by atoms with Crippen molar-refractivity contribution < 1.29 is 18.0 Å². The molecule has 7 nitrogen and oxygen atoms in total. The number of Topliss-reactive ketones (excluding diaryl/α,β-unsaturated/α-hetero) is 1. The number of benzene rings is 2. The van der Waals surface area contributed by atoms with Crippen molar-refractivity contribution in [1.82, 2.24) is 4.31 Å². The summed E-state index contributed by atoms with van der Waals surface area (Å²) in [6, 6.07) is 13.1. The molecule has 2 N–H and O–H groups in total. The summed E-state index contributed by atoms with van der Waals surface area (Å²) in [6.45, 7) is 5.76. The summed E-state index contributed by atoms with van der Waals surface area (Å²) >= 11 is 0. The number of hydrogen-bond donors (Lipinski definition) is 2. The first-order valence-electron chi connectivity index (χ1n) is 9.02. The predicted octanol–water partition coefficient (Wildman–Crippen LogP) is 2.97. The maximum absolute atomic E-state index is 12.6. The van der Waals surface area contributed by atoms with E-state index in [0.29, 0.717) is 30.0 Å². The lowest BCUT2D eigenvalue weighted by molar-refractivity contribution is -0.114. The number of amides is 1. The first kappa shape index (κ1) is 21.6.